The topological polar surface area (TPSA) is 56.7 Å². The number of quaternary nitrogens is 1. The van der Waals surface area contributed by atoms with Crippen molar-refractivity contribution in [3.8, 4) is 0 Å². The molecule has 0 radical (unpaired) electrons. The Balaban J connectivity index is 2.20. The molecule has 0 amide bonds. The molecular weight excluding hydrogens is 190 g/mol. The molecule has 84 valence electrons. The minimum absolute atomic E-state index is 0.158. The summed E-state index contributed by atoms with van der Waals surface area (Å²) in [5.74, 6) is 0.533. The lowest BCUT2D eigenvalue weighted by Gasteiger charge is -2.44. The summed E-state index contributed by atoms with van der Waals surface area (Å²) in [5, 5.41) is 7.92. The van der Waals surface area contributed by atoms with Gasteiger partial charge in [0.15, 0.2) is 0 Å². The van der Waals surface area contributed by atoms with Crippen molar-refractivity contribution in [3.05, 3.63) is 12.4 Å². The molecule has 0 bridgehead atoms. The molecule has 0 aliphatic carbocycles. The molecule has 1 aromatic heterocycles. The molecule has 2 N–H and O–H groups in total. The van der Waals surface area contributed by atoms with Gasteiger partial charge in [-0.3, -0.25) is 0 Å². The molecule has 0 spiro atoms. The van der Waals surface area contributed by atoms with Crippen LogP contribution in [0.1, 0.15) is 13.0 Å². The maximum atomic E-state index is 6.23. The fourth-order valence-electron chi connectivity index (χ4n) is 2.90. The summed E-state index contributed by atoms with van der Waals surface area (Å²) in [5.41, 5.74) is 6.23. The first-order valence-electron chi connectivity index (χ1n) is 5.43. The lowest BCUT2D eigenvalue weighted by atomic mass is 9.89. The van der Waals surface area contributed by atoms with E-state index in [1.165, 1.54) is 0 Å². The van der Waals surface area contributed by atoms with E-state index in [-0.39, 0.29) is 6.04 Å². The summed E-state index contributed by atoms with van der Waals surface area (Å²) in [6.45, 7) is 4.37. The molecule has 5 heteroatoms. The lowest BCUT2D eigenvalue weighted by Crippen LogP contribution is -2.59. The highest BCUT2D eigenvalue weighted by atomic mass is 15.4. The quantitative estimate of drug-likeness (QED) is 0.657. The van der Waals surface area contributed by atoms with Crippen molar-refractivity contribution in [2.45, 2.75) is 19.0 Å². The largest absolute Gasteiger partial charge is 0.327 e. The van der Waals surface area contributed by atoms with Crippen molar-refractivity contribution in [1.29, 1.82) is 0 Å². The van der Waals surface area contributed by atoms with Gasteiger partial charge in [0, 0.05) is 12.1 Å². The number of hydrogen-bond acceptors (Lipinski definition) is 3. The van der Waals surface area contributed by atoms with Crippen molar-refractivity contribution in [1.82, 2.24) is 15.0 Å². The van der Waals surface area contributed by atoms with Crippen molar-refractivity contribution < 1.29 is 4.48 Å². The van der Waals surface area contributed by atoms with E-state index in [1.54, 1.807) is 6.20 Å². The molecule has 0 saturated carbocycles. The lowest BCUT2D eigenvalue weighted by molar-refractivity contribution is -0.900. The molecule has 1 saturated heterocycles. The highest BCUT2D eigenvalue weighted by Gasteiger charge is 2.39. The van der Waals surface area contributed by atoms with E-state index >= 15 is 0 Å². The first kappa shape index (κ1) is 10.6. The molecule has 3 atom stereocenters. The summed E-state index contributed by atoms with van der Waals surface area (Å²) in [7, 11) is 4.46. The second kappa shape index (κ2) is 3.57. The fourth-order valence-corrected chi connectivity index (χ4v) is 2.90. The number of rotatable bonds is 1. The predicted octanol–water partition coefficient (Wildman–Crippen LogP) is -0.127. The molecule has 1 aliphatic heterocycles. The van der Waals surface area contributed by atoms with Gasteiger partial charge in [-0.15, -0.1) is 5.10 Å². The minimum atomic E-state index is 0.158. The van der Waals surface area contributed by atoms with Gasteiger partial charge in [-0.25, -0.2) is 4.68 Å². The number of likely N-dealkylation sites (N-methyl/N-ethyl adjacent to an activating group) is 1. The van der Waals surface area contributed by atoms with E-state index in [2.05, 4.69) is 31.3 Å². The number of nitrogens with zero attached hydrogens (tertiary/aromatic N) is 4. The Bertz CT molecular complexity index is 305. The monoisotopic (exact) mass is 210 g/mol. The van der Waals surface area contributed by atoms with E-state index in [0.717, 1.165) is 17.6 Å². The van der Waals surface area contributed by atoms with Gasteiger partial charge in [0.25, 0.3) is 0 Å². The number of aromatic nitrogens is 3. The molecule has 2 heterocycles. The average molecular weight is 210 g/mol. The molecule has 2 rings (SSSR count). The van der Waals surface area contributed by atoms with E-state index < -0.39 is 0 Å². The Morgan fingerprint density at radius 2 is 2.13 bits per heavy atom. The minimum Gasteiger partial charge on any atom is -0.327 e. The SMILES string of the molecule is CC1C[N+](C)(C)CC(N)C1n1ccnn1. The summed E-state index contributed by atoms with van der Waals surface area (Å²) in [4.78, 5) is 0. The third-order valence-corrected chi connectivity index (χ3v) is 3.26. The molecule has 3 unspecified atom stereocenters. The highest BCUT2D eigenvalue weighted by Crippen LogP contribution is 2.28. The van der Waals surface area contributed by atoms with Crippen molar-refractivity contribution in [2.24, 2.45) is 11.7 Å². The summed E-state index contributed by atoms with van der Waals surface area (Å²) in [6, 6.07) is 0.448. The Labute approximate surface area is 90.5 Å². The van der Waals surface area contributed by atoms with E-state index in [1.807, 2.05) is 10.9 Å². The second-order valence-electron chi connectivity index (χ2n) is 5.32. The summed E-state index contributed by atoms with van der Waals surface area (Å²) >= 11 is 0. The Morgan fingerprint density at radius 3 is 2.67 bits per heavy atom. The molecule has 15 heavy (non-hydrogen) atoms. The van der Waals surface area contributed by atoms with Crippen LogP contribution in [0.3, 0.4) is 0 Å². The van der Waals surface area contributed by atoms with Gasteiger partial charge in [0.05, 0.1) is 45.5 Å². The third-order valence-electron chi connectivity index (χ3n) is 3.26. The Morgan fingerprint density at radius 1 is 1.40 bits per heavy atom. The van der Waals surface area contributed by atoms with Crippen molar-refractivity contribution in [2.75, 3.05) is 27.2 Å². The van der Waals surface area contributed by atoms with Crippen LogP contribution in [0.2, 0.25) is 0 Å². The fraction of sp³-hybridized carbons (Fsp3) is 0.800. The van der Waals surface area contributed by atoms with Crippen LogP contribution in [-0.2, 0) is 0 Å². The number of nitrogens with two attached hydrogens (primary N) is 1. The van der Waals surface area contributed by atoms with Crippen LogP contribution >= 0.6 is 0 Å². The second-order valence-corrected chi connectivity index (χ2v) is 5.32. The van der Waals surface area contributed by atoms with Crippen LogP contribution < -0.4 is 5.73 Å². The zero-order valence-corrected chi connectivity index (χ0v) is 9.67. The van der Waals surface area contributed by atoms with Crippen LogP contribution in [0.15, 0.2) is 12.4 Å². The zero-order valence-electron chi connectivity index (χ0n) is 9.67. The summed E-state index contributed by atoms with van der Waals surface area (Å²) < 4.78 is 2.90. The average Bonchev–Trinajstić information content (AvgIpc) is 2.52. The first-order chi connectivity index (χ1) is 6.99. The van der Waals surface area contributed by atoms with Gasteiger partial charge in [0.2, 0.25) is 0 Å². The molecule has 1 aliphatic rings. The molecule has 0 aromatic carbocycles. The smallest absolute Gasteiger partial charge is 0.0957 e. The van der Waals surface area contributed by atoms with Crippen LogP contribution in [-0.4, -0.2) is 52.7 Å². The highest BCUT2D eigenvalue weighted by molar-refractivity contribution is 4.87. The van der Waals surface area contributed by atoms with Crippen molar-refractivity contribution in [3.63, 3.8) is 0 Å². The van der Waals surface area contributed by atoms with Crippen LogP contribution in [0.5, 0.6) is 0 Å². The third kappa shape index (κ3) is 2.03. The predicted molar refractivity (Wildman–Crippen MR) is 58.0 cm³/mol. The van der Waals surface area contributed by atoms with Gasteiger partial charge in [0.1, 0.15) is 0 Å². The molecule has 1 aromatic rings. The Kier molecular flexibility index (Phi) is 2.52. The molecule has 5 nitrogen and oxygen atoms in total. The van der Waals surface area contributed by atoms with Gasteiger partial charge in [-0.2, -0.15) is 0 Å². The summed E-state index contributed by atoms with van der Waals surface area (Å²) in [6.07, 6.45) is 3.63. The maximum absolute atomic E-state index is 6.23. The number of piperidine rings is 1. The van der Waals surface area contributed by atoms with Crippen LogP contribution in [0.25, 0.3) is 0 Å². The van der Waals surface area contributed by atoms with Crippen molar-refractivity contribution >= 4 is 0 Å². The maximum Gasteiger partial charge on any atom is 0.0957 e. The van der Waals surface area contributed by atoms with Crippen LogP contribution in [0, 0.1) is 5.92 Å². The first-order valence-corrected chi connectivity index (χ1v) is 5.43. The molecular formula is C10H20N5+. The van der Waals surface area contributed by atoms with E-state index in [4.69, 9.17) is 5.73 Å². The zero-order chi connectivity index (χ0) is 11.1. The standard InChI is InChI=1S/C10H20N5/c1-8-6-15(2,3)7-9(11)10(8)14-5-4-12-13-14/h4-5,8-10H,6-7,11H2,1-3H3/q+1. The van der Waals surface area contributed by atoms with E-state index in [9.17, 15) is 0 Å². The van der Waals surface area contributed by atoms with Gasteiger partial charge in [-0.1, -0.05) is 12.1 Å². The molecule has 1 fully saturated rings. The van der Waals surface area contributed by atoms with E-state index in [0.29, 0.717) is 12.0 Å². The number of likely N-dealkylation sites (tertiary alicyclic amines) is 1. The van der Waals surface area contributed by atoms with Gasteiger partial charge < -0.3 is 10.2 Å². The van der Waals surface area contributed by atoms with Crippen LogP contribution in [0.4, 0.5) is 0 Å². The Hall–Kier alpha value is -0.940. The normalized spacial score (nSPS) is 35.3. The van der Waals surface area contributed by atoms with Gasteiger partial charge in [-0.05, 0) is 0 Å². The number of hydrogen-bond donors (Lipinski definition) is 1. The van der Waals surface area contributed by atoms with Gasteiger partial charge >= 0.3 is 0 Å².